The molecule has 2 heterocycles. The normalized spacial score (nSPS) is 20.0. The summed E-state index contributed by atoms with van der Waals surface area (Å²) in [6.07, 6.45) is -0.490. The smallest absolute Gasteiger partial charge is 0.163 e. The largest absolute Gasteiger partial charge is 0.486 e. The Morgan fingerprint density at radius 2 is 1.23 bits per heavy atom. The molecular formula is C18H18Br2O6. The molecule has 2 aromatic carbocycles. The van der Waals surface area contributed by atoms with E-state index in [-0.39, 0.29) is 25.4 Å². The average molecular weight is 490 g/mol. The molecule has 2 N–H and O–H groups in total. The zero-order chi connectivity index (χ0) is 18.5. The summed E-state index contributed by atoms with van der Waals surface area (Å²) >= 11 is 6.67. The molecule has 26 heavy (non-hydrogen) atoms. The average Bonchev–Trinajstić information content (AvgIpc) is 2.67. The third kappa shape index (κ3) is 4.82. The predicted octanol–water partition coefficient (Wildman–Crippen LogP) is 3.16. The molecule has 2 unspecified atom stereocenters. The molecule has 8 heteroatoms. The molecule has 0 saturated carbocycles. The number of hydrogen-bond donors (Lipinski definition) is 2. The van der Waals surface area contributed by atoms with E-state index in [9.17, 15) is 0 Å². The van der Waals surface area contributed by atoms with Crippen molar-refractivity contribution in [2.24, 2.45) is 0 Å². The maximum atomic E-state index is 8.87. The molecule has 2 atom stereocenters. The first-order chi connectivity index (χ1) is 12.6. The van der Waals surface area contributed by atoms with Gasteiger partial charge in [-0.3, -0.25) is 0 Å². The number of aliphatic hydroxyl groups is 2. The minimum absolute atomic E-state index is 0.0183. The van der Waals surface area contributed by atoms with E-state index in [0.717, 1.165) is 20.4 Å². The zero-order valence-electron chi connectivity index (χ0n) is 13.7. The second-order valence-electron chi connectivity index (χ2n) is 5.65. The molecule has 140 valence electrons. The molecular weight excluding hydrogens is 472 g/mol. The SMILES string of the molecule is OCC1COc2cc(Br)ccc2O1.OCC1COc2ccc(Br)cc2O1. The molecule has 6 nitrogen and oxygen atoms in total. The molecule has 0 spiro atoms. The van der Waals surface area contributed by atoms with Crippen LogP contribution in [0.2, 0.25) is 0 Å². The summed E-state index contributed by atoms with van der Waals surface area (Å²) in [5.74, 6) is 2.82. The number of rotatable bonds is 2. The van der Waals surface area contributed by atoms with Crippen LogP contribution in [-0.4, -0.2) is 48.8 Å². The Hall–Kier alpha value is -1.48. The first kappa shape index (κ1) is 19.3. The number of hydrogen-bond acceptors (Lipinski definition) is 6. The molecule has 0 amide bonds. The zero-order valence-corrected chi connectivity index (χ0v) is 16.9. The maximum absolute atomic E-state index is 8.87. The first-order valence-electron chi connectivity index (χ1n) is 7.98. The van der Waals surface area contributed by atoms with Crippen molar-refractivity contribution >= 4 is 31.9 Å². The van der Waals surface area contributed by atoms with Gasteiger partial charge in [-0.25, -0.2) is 0 Å². The van der Waals surface area contributed by atoms with Gasteiger partial charge in [-0.2, -0.15) is 0 Å². The Bertz CT molecular complexity index is 754. The van der Waals surface area contributed by atoms with E-state index in [1.165, 1.54) is 0 Å². The van der Waals surface area contributed by atoms with E-state index in [1.54, 1.807) is 0 Å². The second kappa shape index (κ2) is 8.94. The lowest BCUT2D eigenvalue weighted by molar-refractivity contribution is 0.0456. The number of ether oxygens (including phenoxy) is 4. The van der Waals surface area contributed by atoms with E-state index in [1.807, 2.05) is 36.4 Å². The summed E-state index contributed by atoms with van der Waals surface area (Å²) in [4.78, 5) is 0. The van der Waals surface area contributed by atoms with Crippen molar-refractivity contribution in [1.82, 2.24) is 0 Å². The summed E-state index contributed by atoms with van der Waals surface area (Å²) in [5.41, 5.74) is 0. The molecule has 0 aliphatic carbocycles. The first-order valence-corrected chi connectivity index (χ1v) is 9.57. The molecule has 0 radical (unpaired) electrons. The summed E-state index contributed by atoms with van der Waals surface area (Å²) < 4.78 is 23.6. The fourth-order valence-electron chi connectivity index (χ4n) is 2.36. The summed E-state index contributed by atoms with van der Waals surface area (Å²) in [6, 6.07) is 11.1. The van der Waals surface area contributed by atoms with Crippen molar-refractivity contribution in [1.29, 1.82) is 0 Å². The lowest BCUT2D eigenvalue weighted by Gasteiger charge is -2.25. The number of aliphatic hydroxyl groups excluding tert-OH is 2. The Kier molecular flexibility index (Phi) is 6.63. The van der Waals surface area contributed by atoms with Crippen LogP contribution < -0.4 is 18.9 Å². The van der Waals surface area contributed by atoms with E-state index in [2.05, 4.69) is 31.9 Å². The molecule has 0 bridgehead atoms. The monoisotopic (exact) mass is 488 g/mol. The highest BCUT2D eigenvalue weighted by molar-refractivity contribution is 9.10. The van der Waals surface area contributed by atoms with Crippen LogP contribution in [0.4, 0.5) is 0 Å². The standard InChI is InChI=1S/2C9H9BrO3/c10-6-1-2-8-9(3-6)12-5-7(4-11)13-8;10-6-1-2-8-9(3-6)13-7(4-11)5-12-8/h2*1-3,7,11H,4-5H2. The van der Waals surface area contributed by atoms with E-state index >= 15 is 0 Å². The molecule has 2 aliphatic rings. The van der Waals surface area contributed by atoms with E-state index in [4.69, 9.17) is 29.2 Å². The molecule has 2 aliphatic heterocycles. The molecule has 0 saturated heterocycles. The maximum Gasteiger partial charge on any atom is 0.163 e. The Labute approximate surface area is 167 Å². The minimum atomic E-state index is -0.248. The van der Waals surface area contributed by atoms with Gasteiger partial charge in [0.25, 0.3) is 0 Å². The van der Waals surface area contributed by atoms with Gasteiger partial charge in [-0.1, -0.05) is 31.9 Å². The highest BCUT2D eigenvalue weighted by Crippen LogP contribution is 2.34. The fraction of sp³-hybridized carbons (Fsp3) is 0.333. The minimum Gasteiger partial charge on any atom is -0.486 e. The van der Waals surface area contributed by atoms with Crippen molar-refractivity contribution in [3.63, 3.8) is 0 Å². The highest BCUT2D eigenvalue weighted by Gasteiger charge is 2.20. The molecule has 4 rings (SSSR count). The molecule has 0 aromatic heterocycles. The Morgan fingerprint density at radius 3 is 1.85 bits per heavy atom. The van der Waals surface area contributed by atoms with Gasteiger partial charge < -0.3 is 29.2 Å². The summed E-state index contributed by atoms with van der Waals surface area (Å²) in [5, 5.41) is 17.7. The van der Waals surface area contributed by atoms with Gasteiger partial charge in [0.15, 0.2) is 35.2 Å². The van der Waals surface area contributed by atoms with Gasteiger partial charge >= 0.3 is 0 Å². The number of benzene rings is 2. The van der Waals surface area contributed by atoms with Crippen LogP contribution in [0, 0.1) is 0 Å². The topological polar surface area (TPSA) is 77.4 Å². The van der Waals surface area contributed by atoms with Crippen molar-refractivity contribution in [3.8, 4) is 23.0 Å². The van der Waals surface area contributed by atoms with Crippen LogP contribution in [0.1, 0.15) is 0 Å². The van der Waals surface area contributed by atoms with Gasteiger partial charge in [0.1, 0.15) is 13.2 Å². The predicted molar refractivity (Wildman–Crippen MR) is 102 cm³/mol. The van der Waals surface area contributed by atoms with Crippen LogP contribution in [0.5, 0.6) is 23.0 Å². The Balaban J connectivity index is 0.000000151. The number of fused-ring (bicyclic) bond motifs is 2. The van der Waals surface area contributed by atoms with E-state index in [0.29, 0.717) is 24.7 Å². The van der Waals surface area contributed by atoms with Gasteiger partial charge in [0, 0.05) is 8.95 Å². The summed E-state index contributed by atoms with van der Waals surface area (Å²) in [6.45, 7) is 0.770. The van der Waals surface area contributed by atoms with E-state index < -0.39 is 0 Å². The third-order valence-electron chi connectivity index (χ3n) is 3.66. The summed E-state index contributed by atoms with van der Waals surface area (Å²) in [7, 11) is 0. The van der Waals surface area contributed by atoms with Crippen molar-refractivity contribution in [3.05, 3.63) is 45.3 Å². The van der Waals surface area contributed by atoms with Crippen molar-refractivity contribution < 1.29 is 29.2 Å². The lowest BCUT2D eigenvalue weighted by Crippen LogP contribution is -2.32. The fourth-order valence-corrected chi connectivity index (χ4v) is 3.04. The number of halogens is 2. The molecule has 2 aromatic rings. The van der Waals surface area contributed by atoms with Gasteiger partial charge in [-0.05, 0) is 36.4 Å². The highest BCUT2D eigenvalue weighted by atomic mass is 79.9. The third-order valence-corrected chi connectivity index (χ3v) is 4.64. The van der Waals surface area contributed by atoms with Gasteiger partial charge in [0.05, 0.1) is 13.2 Å². The molecule has 0 fully saturated rings. The second-order valence-corrected chi connectivity index (χ2v) is 7.48. The van der Waals surface area contributed by atoms with Gasteiger partial charge in [0.2, 0.25) is 0 Å². The van der Waals surface area contributed by atoms with Crippen molar-refractivity contribution in [2.75, 3.05) is 26.4 Å². The van der Waals surface area contributed by atoms with Crippen LogP contribution in [0.25, 0.3) is 0 Å². The quantitative estimate of drug-likeness (QED) is 0.674. The van der Waals surface area contributed by atoms with Crippen molar-refractivity contribution in [2.45, 2.75) is 12.2 Å². The van der Waals surface area contributed by atoms with Gasteiger partial charge in [-0.15, -0.1) is 0 Å². The van der Waals surface area contributed by atoms with Crippen LogP contribution >= 0.6 is 31.9 Å². The Morgan fingerprint density at radius 1 is 0.731 bits per heavy atom. The van der Waals surface area contributed by atoms with Crippen LogP contribution in [0.15, 0.2) is 45.3 Å². The lowest BCUT2D eigenvalue weighted by atomic mass is 10.3. The van der Waals surface area contributed by atoms with Crippen LogP contribution in [-0.2, 0) is 0 Å². The van der Waals surface area contributed by atoms with Crippen LogP contribution in [0.3, 0.4) is 0 Å².